The lowest BCUT2D eigenvalue weighted by Gasteiger charge is -2.17. The van der Waals surface area contributed by atoms with Crippen molar-refractivity contribution in [3.8, 4) is 0 Å². The lowest BCUT2D eigenvalue weighted by atomic mass is 10.1. The smallest absolute Gasteiger partial charge is 0.190 e. The molecule has 1 saturated carbocycles. The molecule has 1 aromatic rings. The second-order valence-corrected chi connectivity index (χ2v) is 7.08. The minimum Gasteiger partial charge on any atom is -0.356 e. The molecule has 0 amide bonds. The summed E-state index contributed by atoms with van der Waals surface area (Å²) in [5.74, 6) is 1.65. The van der Waals surface area contributed by atoms with Gasteiger partial charge in [-0.3, -0.25) is 4.99 Å². The number of nitrogens with one attached hydrogen (secondary N) is 2. The Morgan fingerprint density at radius 3 is 2.83 bits per heavy atom. The van der Waals surface area contributed by atoms with Crippen molar-refractivity contribution in [2.75, 3.05) is 33.2 Å². The van der Waals surface area contributed by atoms with Gasteiger partial charge in [0, 0.05) is 37.7 Å². The molecular formula is C18H28ClIN4. The predicted molar refractivity (Wildman–Crippen MR) is 113 cm³/mol. The number of hydrogen-bond donors (Lipinski definition) is 2. The number of aliphatic imine (C=N–C) groups is 1. The van der Waals surface area contributed by atoms with Crippen molar-refractivity contribution in [3.05, 3.63) is 34.9 Å². The average molecular weight is 463 g/mol. The Hall–Kier alpha value is -0.530. The number of nitrogens with zero attached hydrogens (tertiary/aromatic N) is 2. The van der Waals surface area contributed by atoms with Crippen LogP contribution in [0.15, 0.2) is 29.3 Å². The number of guanidine groups is 1. The summed E-state index contributed by atoms with van der Waals surface area (Å²) in [6.45, 7) is 4.40. The van der Waals surface area contributed by atoms with Gasteiger partial charge in [-0.2, -0.15) is 0 Å². The third-order valence-electron chi connectivity index (χ3n) is 4.76. The van der Waals surface area contributed by atoms with Crippen molar-refractivity contribution < 1.29 is 0 Å². The maximum Gasteiger partial charge on any atom is 0.190 e. The zero-order valence-electron chi connectivity index (χ0n) is 14.3. The summed E-state index contributed by atoms with van der Waals surface area (Å²) in [4.78, 5) is 6.97. The molecule has 0 aromatic heterocycles. The fraction of sp³-hybridized carbons (Fsp3) is 0.611. The molecule has 3 rings (SSSR count). The maximum absolute atomic E-state index is 6.01. The second kappa shape index (κ2) is 9.82. The average Bonchev–Trinajstić information content (AvgIpc) is 3.30. The zero-order chi connectivity index (χ0) is 16.1. The predicted octanol–water partition coefficient (Wildman–Crippen LogP) is 3.15. The van der Waals surface area contributed by atoms with Gasteiger partial charge in [0.2, 0.25) is 0 Å². The molecule has 1 aliphatic carbocycles. The van der Waals surface area contributed by atoms with E-state index in [4.69, 9.17) is 11.6 Å². The Kier molecular flexibility index (Phi) is 8.10. The van der Waals surface area contributed by atoms with Crippen molar-refractivity contribution in [2.24, 2.45) is 10.9 Å². The van der Waals surface area contributed by atoms with E-state index in [9.17, 15) is 0 Å². The van der Waals surface area contributed by atoms with Gasteiger partial charge in [0.15, 0.2) is 5.96 Å². The van der Waals surface area contributed by atoms with Crippen LogP contribution < -0.4 is 10.6 Å². The Balaban J connectivity index is 0.00000208. The molecule has 1 saturated heterocycles. The zero-order valence-corrected chi connectivity index (χ0v) is 17.4. The van der Waals surface area contributed by atoms with E-state index in [0.29, 0.717) is 0 Å². The highest BCUT2D eigenvalue weighted by molar-refractivity contribution is 14.0. The molecule has 1 unspecified atom stereocenters. The normalized spacial score (nSPS) is 21.4. The molecule has 1 aliphatic heterocycles. The summed E-state index contributed by atoms with van der Waals surface area (Å²) >= 11 is 6.01. The van der Waals surface area contributed by atoms with Gasteiger partial charge in [-0.1, -0.05) is 23.7 Å². The van der Waals surface area contributed by atoms with Gasteiger partial charge in [-0.05, 0) is 55.8 Å². The highest BCUT2D eigenvalue weighted by atomic mass is 127. The summed E-state index contributed by atoms with van der Waals surface area (Å²) < 4.78 is 0. The summed E-state index contributed by atoms with van der Waals surface area (Å²) in [6, 6.07) is 8.93. The standard InChI is InChI=1S/C18H27ClN4.HI/c1-20-18(21-9-7-14-3-2-4-16(19)11-14)22-12-15-8-10-23(13-15)17-5-6-17;/h2-4,11,15,17H,5-10,12-13H2,1H3,(H2,20,21,22);1H. The highest BCUT2D eigenvalue weighted by Crippen LogP contribution is 2.31. The Bertz CT molecular complexity index is 548. The molecule has 0 spiro atoms. The van der Waals surface area contributed by atoms with Crippen LogP contribution in [0, 0.1) is 5.92 Å². The van der Waals surface area contributed by atoms with E-state index in [1.807, 2.05) is 25.2 Å². The Morgan fingerprint density at radius 1 is 1.29 bits per heavy atom. The largest absolute Gasteiger partial charge is 0.356 e. The van der Waals surface area contributed by atoms with Crippen molar-refractivity contribution in [1.82, 2.24) is 15.5 Å². The van der Waals surface area contributed by atoms with E-state index in [2.05, 4.69) is 26.6 Å². The first-order valence-electron chi connectivity index (χ1n) is 8.67. The first kappa shape index (κ1) is 19.8. The van der Waals surface area contributed by atoms with Crippen LogP contribution in [0.3, 0.4) is 0 Å². The van der Waals surface area contributed by atoms with E-state index < -0.39 is 0 Å². The van der Waals surface area contributed by atoms with Gasteiger partial charge in [0.1, 0.15) is 0 Å². The molecule has 2 aliphatic rings. The maximum atomic E-state index is 6.01. The number of halogens is 2. The minimum absolute atomic E-state index is 0. The highest BCUT2D eigenvalue weighted by Gasteiger charge is 2.34. The quantitative estimate of drug-likeness (QED) is 0.388. The summed E-state index contributed by atoms with van der Waals surface area (Å²) in [7, 11) is 1.83. The molecule has 1 atom stereocenters. The van der Waals surface area contributed by atoms with Crippen LogP contribution in [-0.4, -0.2) is 50.1 Å². The van der Waals surface area contributed by atoms with Crippen molar-refractivity contribution in [2.45, 2.75) is 31.7 Å². The lowest BCUT2D eigenvalue weighted by Crippen LogP contribution is -2.41. The SMILES string of the molecule is CN=C(NCCc1cccc(Cl)c1)NCC1CCN(C2CC2)C1.I. The molecule has 6 heteroatoms. The monoisotopic (exact) mass is 462 g/mol. The molecule has 0 bridgehead atoms. The third-order valence-corrected chi connectivity index (χ3v) is 4.99. The molecule has 134 valence electrons. The summed E-state index contributed by atoms with van der Waals surface area (Å²) in [5.41, 5.74) is 1.25. The summed E-state index contributed by atoms with van der Waals surface area (Å²) in [6.07, 6.45) is 5.07. The number of benzene rings is 1. The minimum atomic E-state index is 0. The molecular weight excluding hydrogens is 435 g/mol. The van der Waals surface area contributed by atoms with Gasteiger partial charge in [0.25, 0.3) is 0 Å². The fourth-order valence-electron chi connectivity index (χ4n) is 3.28. The Morgan fingerprint density at radius 2 is 2.12 bits per heavy atom. The van der Waals surface area contributed by atoms with Gasteiger partial charge in [-0.15, -0.1) is 24.0 Å². The van der Waals surface area contributed by atoms with Crippen molar-refractivity contribution in [3.63, 3.8) is 0 Å². The van der Waals surface area contributed by atoms with E-state index in [1.165, 1.54) is 37.9 Å². The Labute approximate surface area is 167 Å². The van der Waals surface area contributed by atoms with Crippen LogP contribution in [-0.2, 0) is 6.42 Å². The van der Waals surface area contributed by atoms with Gasteiger partial charge in [0.05, 0.1) is 0 Å². The van der Waals surface area contributed by atoms with Gasteiger partial charge in [-0.25, -0.2) is 0 Å². The van der Waals surface area contributed by atoms with Crippen LogP contribution >= 0.6 is 35.6 Å². The topological polar surface area (TPSA) is 39.7 Å². The van der Waals surface area contributed by atoms with E-state index in [0.717, 1.165) is 42.5 Å². The molecule has 1 heterocycles. The molecule has 4 nitrogen and oxygen atoms in total. The van der Waals surface area contributed by atoms with E-state index in [1.54, 1.807) is 0 Å². The lowest BCUT2D eigenvalue weighted by molar-refractivity contribution is 0.314. The number of rotatable bonds is 6. The van der Waals surface area contributed by atoms with Gasteiger partial charge < -0.3 is 15.5 Å². The molecule has 24 heavy (non-hydrogen) atoms. The van der Waals surface area contributed by atoms with Crippen molar-refractivity contribution in [1.29, 1.82) is 0 Å². The van der Waals surface area contributed by atoms with E-state index in [-0.39, 0.29) is 24.0 Å². The van der Waals surface area contributed by atoms with Crippen LogP contribution in [0.2, 0.25) is 5.02 Å². The van der Waals surface area contributed by atoms with E-state index >= 15 is 0 Å². The van der Waals surface area contributed by atoms with Crippen LogP contribution in [0.25, 0.3) is 0 Å². The van der Waals surface area contributed by atoms with Crippen LogP contribution in [0.1, 0.15) is 24.8 Å². The van der Waals surface area contributed by atoms with Gasteiger partial charge >= 0.3 is 0 Å². The molecule has 2 fully saturated rings. The first-order valence-corrected chi connectivity index (χ1v) is 9.05. The second-order valence-electron chi connectivity index (χ2n) is 6.64. The fourth-order valence-corrected chi connectivity index (χ4v) is 3.49. The van der Waals surface area contributed by atoms with Crippen LogP contribution in [0.5, 0.6) is 0 Å². The number of likely N-dealkylation sites (tertiary alicyclic amines) is 1. The molecule has 0 radical (unpaired) electrons. The summed E-state index contributed by atoms with van der Waals surface area (Å²) in [5, 5.41) is 7.66. The van der Waals surface area contributed by atoms with Crippen molar-refractivity contribution >= 4 is 41.5 Å². The first-order chi connectivity index (χ1) is 11.2. The van der Waals surface area contributed by atoms with Crippen LogP contribution in [0.4, 0.5) is 0 Å². The third kappa shape index (κ3) is 6.08. The molecule has 2 N–H and O–H groups in total. The molecule has 1 aromatic carbocycles. The number of hydrogen-bond acceptors (Lipinski definition) is 2.